The molecular weight excluding hydrogens is 226 g/mol. The molecule has 0 radical (unpaired) electrons. The van der Waals surface area contributed by atoms with Crippen molar-refractivity contribution >= 4 is 11.7 Å². The molecule has 1 rings (SSSR count). The third-order valence-corrected chi connectivity index (χ3v) is 2.39. The minimum absolute atomic E-state index is 0.0314. The van der Waals surface area contributed by atoms with Crippen LogP contribution < -0.4 is 5.32 Å². The second kappa shape index (κ2) is 6.38. The van der Waals surface area contributed by atoms with E-state index in [4.69, 9.17) is 0 Å². The van der Waals surface area contributed by atoms with Crippen molar-refractivity contribution in [3.8, 4) is 0 Å². The second-order valence-electron chi connectivity index (χ2n) is 5.29. The minimum Gasteiger partial charge on any atom is -0.368 e. The Morgan fingerprint density at radius 1 is 1.33 bits per heavy atom. The molecule has 0 bridgehead atoms. The van der Waals surface area contributed by atoms with E-state index in [0.29, 0.717) is 17.7 Å². The van der Waals surface area contributed by atoms with E-state index in [9.17, 15) is 4.79 Å². The van der Waals surface area contributed by atoms with Gasteiger partial charge in [0.05, 0.1) is 0 Å². The predicted molar refractivity (Wildman–Crippen MR) is 74.8 cm³/mol. The van der Waals surface area contributed by atoms with Gasteiger partial charge in [-0.3, -0.25) is 4.79 Å². The second-order valence-corrected chi connectivity index (χ2v) is 5.29. The Balaban J connectivity index is 2.79. The molecule has 0 aromatic carbocycles. The number of pyridine rings is 1. The van der Waals surface area contributed by atoms with E-state index in [1.54, 1.807) is 11.0 Å². The number of carbonyl (C=O) groups is 1. The van der Waals surface area contributed by atoms with Crippen molar-refractivity contribution in [2.24, 2.45) is 5.92 Å². The molecule has 18 heavy (non-hydrogen) atoms. The molecule has 0 atom stereocenters. The lowest BCUT2D eigenvalue weighted by atomic mass is 10.2. The molecule has 1 amide bonds. The Labute approximate surface area is 109 Å². The van der Waals surface area contributed by atoms with Crippen LogP contribution in [-0.2, 0) is 0 Å². The third-order valence-electron chi connectivity index (χ3n) is 2.39. The zero-order valence-electron chi connectivity index (χ0n) is 11.9. The van der Waals surface area contributed by atoms with Crippen molar-refractivity contribution in [1.82, 2.24) is 9.88 Å². The summed E-state index contributed by atoms with van der Waals surface area (Å²) in [6.07, 6.45) is 0. The van der Waals surface area contributed by atoms with Crippen LogP contribution in [0.5, 0.6) is 0 Å². The van der Waals surface area contributed by atoms with Crippen LogP contribution in [0.15, 0.2) is 18.2 Å². The molecule has 100 valence electrons. The van der Waals surface area contributed by atoms with E-state index in [1.807, 2.05) is 33.0 Å². The first-order chi connectivity index (χ1) is 8.40. The summed E-state index contributed by atoms with van der Waals surface area (Å²) in [6, 6.07) is 5.79. The molecule has 4 nitrogen and oxygen atoms in total. The van der Waals surface area contributed by atoms with E-state index < -0.39 is 0 Å². The minimum atomic E-state index is -0.0314. The Morgan fingerprint density at radius 2 is 2.00 bits per heavy atom. The summed E-state index contributed by atoms with van der Waals surface area (Å²) in [5.74, 6) is 1.17. The van der Waals surface area contributed by atoms with Crippen LogP contribution in [0.25, 0.3) is 0 Å². The standard InChI is InChI=1S/C14H23N3O/c1-10(2)9-17(5)14(18)12-7-6-8-13(16-12)15-11(3)4/h6-8,10-11H,9H2,1-5H3,(H,15,16). The van der Waals surface area contributed by atoms with Gasteiger partial charge in [-0.25, -0.2) is 4.98 Å². The summed E-state index contributed by atoms with van der Waals surface area (Å²) in [7, 11) is 1.81. The first-order valence-electron chi connectivity index (χ1n) is 6.39. The quantitative estimate of drug-likeness (QED) is 0.872. The SMILES string of the molecule is CC(C)CN(C)C(=O)c1cccc(NC(C)C)n1. The van der Waals surface area contributed by atoms with E-state index >= 15 is 0 Å². The number of carbonyl (C=O) groups excluding carboxylic acids is 1. The Bertz CT molecular complexity index is 402. The molecule has 0 spiro atoms. The number of aromatic nitrogens is 1. The topological polar surface area (TPSA) is 45.2 Å². The maximum Gasteiger partial charge on any atom is 0.272 e. The summed E-state index contributed by atoms with van der Waals surface area (Å²) in [5, 5.41) is 3.20. The average Bonchev–Trinajstić information content (AvgIpc) is 2.26. The van der Waals surface area contributed by atoms with Crippen molar-refractivity contribution < 1.29 is 4.79 Å². The lowest BCUT2D eigenvalue weighted by Crippen LogP contribution is -2.31. The summed E-state index contributed by atoms with van der Waals surface area (Å²) < 4.78 is 0. The summed E-state index contributed by atoms with van der Waals surface area (Å²) in [6.45, 7) is 9.01. The molecule has 0 aliphatic carbocycles. The molecule has 0 aliphatic rings. The van der Waals surface area contributed by atoms with Gasteiger partial charge in [0.15, 0.2) is 0 Å². The summed E-state index contributed by atoms with van der Waals surface area (Å²) in [5.41, 5.74) is 0.490. The highest BCUT2D eigenvalue weighted by Gasteiger charge is 2.14. The highest BCUT2D eigenvalue weighted by molar-refractivity contribution is 5.92. The lowest BCUT2D eigenvalue weighted by Gasteiger charge is -2.19. The lowest BCUT2D eigenvalue weighted by molar-refractivity contribution is 0.0773. The molecular formula is C14H23N3O. The van der Waals surface area contributed by atoms with E-state index in [1.165, 1.54) is 0 Å². The first kappa shape index (κ1) is 14.5. The monoisotopic (exact) mass is 249 g/mol. The number of hydrogen-bond acceptors (Lipinski definition) is 3. The van der Waals surface area contributed by atoms with Crippen molar-refractivity contribution in [1.29, 1.82) is 0 Å². The van der Waals surface area contributed by atoms with Gasteiger partial charge >= 0.3 is 0 Å². The van der Waals surface area contributed by atoms with Gasteiger partial charge in [-0.15, -0.1) is 0 Å². The van der Waals surface area contributed by atoms with Gasteiger partial charge in [0.2, 0.25) is 0 Å². The largest absolute Gasteiger partial charge is 0.368 e. The predicted octanol–water partition coefficient (Wildman–Crippen LogP) is 2.63. The fourth-order valence-electron chi connectivity index (χ4n) is 1.76. The van der Waals surface area contributed by atoms with Gasteiger partial charge in [0, 0.05) is 19.6 Å². The van der Waals surface area contributed by atoms with Crippen LogP contribution in [0.2, 0.25) is 0 Å². The average molecular weight is 249 g/mol. The third kappa shape index (κ3) is 4.35. The molecule has 1 N–H and O–H groups in total. The highest BCUT2D eigenvalue weighted by Crippen LogP contribution is 2.09. The number of hydrogen-bond donors (Lipinski definition) is 1. The Hall–Kier alpha value is -1.58. The highest BCUT2D eigenvalue weighted by atomic mass is 16.2. The Kier molecular flexibility index (Phi) is 5.13. The van der Waals surface area contributed by atoms with Gasteiger partial charge in [0.25, 0.3) is 5.91 Å². The molecule has 0 fully saturated rings. The van der Waals surface area contributed by atoms with Gasteiger partial charge in [-0.1, -0.05) is 19.9 Å². The van der Waals surface area contributed by atoms with E-state index in [0.717, 1.165) is 12.4 Å². The van der Waals surface area contributed by atoms with Crippen LogP contribution in [0.1, 0.15) is 38.2 Å². The smallest absolute Gasteiger partial charge is 0.272 e. The van der Waals surface area contributed by atoms with Gasteiger partial charge in [-0.05, 0) is 31.9 Å². The van der Waals surface area contributed by atoms with Crippen molar-refractivity contribution in [2.75, 3.05) is 18.9 Å². The Morgan fingerprint density at radius 3 is 2.56 bits per heavy atom. The number of rotatable bonds is 5. The van der Waals surface area contributed by atoms with Gasteiger partial charge in [0.1, 0.15) is 11.5 Å². The van der Waals surface area contributed by atoms with Crippen LogP contribution in [0, 0.1) is 5.92 Å². The van der Waals surface area contributed by atoms with Crippen molar-refractivity contribution in [3.63, 3.8) is 0 Å². The fourth-order valence-corrected chi connectivity index (χ4v) is 1.76. The van der Waals surface area contributed by atoms with Crippen LogP contribution in [0.4, 0.5) is 5.82 Å². The zero-order valence-corrected chi connectivity index (χ0v) is 11.9. The van der Waals surface area contributed by atoms with Crippen LogP contribution in [-0.4, -0.2) is 35.4 Å². The number of anilines is 1. The molecule has 4 heteroatoms. The fraction of sp³-hybridized carbons (Fsp3) is 0.571. The molecule has 0 saturated heterocycles. The molecule has 1 heterocycles. The molecule has 1 aromatic heterocycles. The number of nitrogens with zero attached hydrogens (tertiary/aromatic N) is 2. The molecule has 0 aliphatic heterocycles. The summed E-state index contributed by atoms with van der Waals surface area (Å²) >= 11 is 0. The van der Waals surface area contributed by atoms with Gasteiger partial charge < -0.3 is 10.2 Å². The van der Waals surface area contributed by atoms with Crippen molar-refractivity contribution in [3.05, 3.63) is 23.9 Å². The van der Waals surface area contributed by atoms with Gasteiger partial charge in [-0.2, -0.15) is 0 Å². The van der Waals surface area contributed by atoms with Crippen molar-refractivity contribution in [2.45, 2.75) is 33.7 Å². The molecule has 0 saturated carbocycles. The van der Waals surface area contributed by atoms with Crippen LogP contribution in [0.3, 0.4) is 0 Å². The normalized spacial score (nSPS) is 10.8. The number of nitrogens with one attached hydrogen (secondary N) is 1. The molecule has 0 unspecified atom stereocenters. The first-order valence-corrected chi connectivity index (χ1v) is 6.39. The molecule has 1 aromatic rings. The number of amides is 1. The van der Waals surface area contributed by atoms with Crippen LogP contribution >= 0.6 is 0 Å². The maximum absolute atomic E-state index is 12.2. The maximum atomic E-state index is 12.2. The van der Waals surface area contributed by atoms with E-state index in [2.05, 4.69) is 24.1 Å². The summed E-state index contributed by atoms with van der Waals surface area (Å²) in [4.78, 5) is 18.2. The zero-order chi connectivity index (χ0) is 13.7. The van der Waals surface area contributed by atoms with E-state index in [-0.39, 0.29) is 5.91 Å².